The second-order valence-electron chi connectivity index (χ2n) is 6.48. The van der Waals surface area contributed by atoms with Crippen LogP contribution >= 0.6 is 23.2 Å². The van der Waals surface area contributed by atoms with Crippen LogP contribution in [0.2, 0.25) is 10.0 Å². The molecule has 0 aliphatic heterocycles. The van der Waals surface area contributed by atoms with Crippen molar-refractivity contribution in [2.45, 2.75) is 0 Å². The maximum Gasteiger partial charge on any atom is 0.357 e. The van der Waals surface area contributed by atoms with E-state index in [1.807, 2.05) is 36.4 Å². The zero-order chi connectivity index (χ0) is 21.3. The van der Waals surface area contributed by atoms with Crippen LogP contribution in [0.5, 0.6) is 5.75 Å². The van der Waals surface area contributed by atoms with Gasteiger partial charge in [-0.05, 0) is 42.5 Å². The molecular weight excluding hydrogens is 430 g/mol. The number of rotatable bonds is 5. The number of aromatic nitrogens is 2. The number of halogens is 2. The summed E-state index contributed by atoms with van der Waals surface area (Å²) in [7, 11) is 1.52. The number of para-hydroxylation sites is 1. The normalized spacial score (nSPS) is 10.4. The van der Waals surface area contributed by atoms with Crippen LogP contribution in [0.25, 0.3) is 28.1 Å². The molecule has 3 aromatic carbocycles. The Labute approximate surface area is 201 Å². The number of carboxylic acid groups (broad SMARTS) is 1. The van der Waals surface area contributed by atoms with Gasteiger partial charge < -0.3 is 9.84 Å². The molecule has 0 aliphatic rings. The number of hydrogen-bond acceptors (Lipinski definition) is 3. The molecule has 151 valence electrons. The molecule has 0 aliphatic carbocycles. The van der Waals surface area contributed by atoms with Crippen LogP contribution in [0.1, 0.15) is 10.5 Å². The zero-order valence-corrected chi connectivity index (χ0v) is 18.4. The van der Waals surface area contributed by atoms with Gasteiger partial charge in [-0.2, -0.15) is 5.10 Å². The third kappa shape index (κ3) is 4.51. The maximum atomic E-state index is 12.2. The van der Waals surface area contributed by atoms with Crippen molar-refractivity contribution in [2.75, 3.05) is 7.11 Å². The molecule has 0 saturated heterocycles. The fourth-order valence-corrected chi connectivity index (χ4v) is 3.72. The molecule has 5 nitrogen and oxygen atoms in total. The van der Waals surface area contributed by atoms with Gasteiger partial charge in [-0.3, -0.25) is 0 Å². The van der Waals surface area contributed by atoms with Crippen molar-refractivity contribution in [1.82, 2.24) is 9.78 Å². The van der Waals surface area contributed by atoms with Crippen molar-refractivity contribution >= 4 is 48.0 Å². The van der Waals surface area contributed by atoms with Gasteiger partial charge in [0.1, 0.15) is 5.75 Å². The first-order valence-corrected chi connectivity index (χ1v) is 9.76. The Morgan fingerprint density at radius 2 is 1.68 bits per heavy atom. The van der Waals surface area contributed by atoms with Crippen LogP contribution in [-0.2, 0) is 0 Å². The molecule has 1 heterocycles. The molecule has 0 spiro atoms. The van der Waals surface area contributed by atoms with E-state index in [0.29, 0.717) is 43.9 Å². The van der Waals surface area contributed by atoms with E-state index in [2.05, 4.69) is 5.10 Å². The van der Waals surface area contributed by atoms with Gasteiger partial charge in [0.05, 0.1) is 18.5 Å². The van der Waals surface area contributed by atoms with Crippen molar-refractivity contribution in [1.29, 1.82) is 0 Å². The average Bonchev–Trinajstić information content (AvgIpc) is 3.15. The molecule has 1 aromatic heterocycles. The Hall–Kier alpha value is -2.68. The minimum atomic E-state index is -1.16. The van der Waals surface area contributed by atoms with E-state index in [9.17, 15) is 9.90 Å². The molecule has 1 N–H and O–H groups in total. The summed E-state index contributed by atoms with van der Waals surface area (Å²) in [6, 6.07) is 21.5. The van der Waals surface area contributed by atoms with Gasteiger partial charge >= 0.3 is 5.97 Å². The molecule has 31 heavy (non-hydrogen) atoms. The van der Waals surface area contributed by atoms with Crippen LogP contribution in [0.4, 0.5) is 0 Å². The SMILES string of the molecule is COc1ccc(Cl)cc1-c1c(C(=O)O)nn(-c2ccccc2)c1-c1cccc(Cl)c1.[Li]. The number of carboxylic acids is 1. The monoisotopic (exact) mass is 445 g/mol. The van der Waals surface area contributed by atoms with Crippen LogP contribution < -0.4 is 4.74 Å². The molecule has 0 fully saturated rings. The number of carbonyl (C=O) groups is 1. The van der Waals surface area contributed by atoms with Gasteiger partial charge in [0.25, 0.3) is 0 Å². The molecule has 0 saturated carbocycles. The van der Waals surface area contributed by atoms with Gasteiger partial charge in [0.2, 0.25) is 0 Å². The van der Waals surface area contributed by atoms with E-state index in [1.165, 1.54) is 7.11 Å². The second kappa shape index (κ2) is 9.63. The van der Waals surface area contributed by atoms with Crippen LogP contribution in [0, 0.1) is 0 Å². The van der Waals surface area contributed by atoms with Gasteiger partial charge in [0, 0.05) is 45.6 Å². The van der Waals surface area contributed by atoms with Crippen molar-refractivity contribution in [2.24, 2.45) is 0 Å². The standard InChI is InChI=1S/C23H16Cl2N2O3.Li/c1-30-19-11-10-16(25)13-18(19)20-21(23(28)29)26-27(17-8-3-2-4-9-17)22(20)14-6-5-7-15(24)12-14;/h2-13H,1H3,(H,28,29);. The fraction of sp³-hybridized carbons (Fsp3) is 0.0435. The molecule has 8 heteroatoms. The minimum Gasteiger partial charge on any atom is -0.496 e. The molecule has 0 unspecified atom stereocenters. The van der Waals surface area contributed by atoms with Crippen LogP contribution in [0.15, 0.2) is 72.8 Å². The molecule has 0 amide bonds. The number of ether oxygens (including phenoxy) is 1. The van der Waals surface area contributed by atoms with Crippen molar-refractivity contribution < 1.29 is 14.6 Å². The third-order valence-electron chi connectivity index (χ3n) is 4.62. The Bertz CT molecular complexity index is 1240. The Kier molecular flexibility index (Phi) is 7.14. The predicted molar refractivity (Wildman–Crippen MR) is 124 cm³/mol. The Morgan fingerprint density at radius 1 is 0.968 bits per heavy atom. The summed E-state index contributed by atoms with van der Waals surface area (Å²) in [5, 5.41) is 15.4. The number of methoxy groups -OCH3 is 1. The first kappa shape index (κ1) is 23.0. The summed E-state index contributed by atoms with van der Waals surface area (Å²) in [6.07, 6.45) is 0. The van der Waals surface area contributed by atoms with Crippen LogP contribution in [-0.4, -0.2) is 46.8 Å². The summed E-state index contributed by atoms with van der Waals surface area (Å²) in [5.41, 5.74) is 2.80. The molecule has 1 radical (unpaired) electrons. The Morgan fingerprint density at radius 3 is 2.32 bits per heavy atom. The number of nitrogens with zero attached hydrogens (tertiary/aromatic N) is 2. The van der Waals surface area contributed by atoms with E-state index in [4.69, 9.17) is 27.9 Å². The molecule has 0 atom stereocenters. The second-order valence-corrected chi connectivity index (χ2v) is 7.35. The Balaban J connectivity index is 0.00000272. The number of hydrogen-bond donors (Lipinski definition) is 1. The summed E-state index contributed by atoms with van der Waals surface area (Å²) in [5.74, 6) is -0.678. The summed E-state index contributed by atoms with van der Waals surface area (Å²) < 4.78 is 7.11. The molecule has 4 rings (SSSR count). The number of benzene rings is 3. The minimum absolute atomic E-state index is 0. The summed E-state index contributed by atoms with van der Waals surface area (Å²) in [4.78, 5) is 12.2. The van der Waals surface area contributed by atoms with Gasteiger partial charge in [-0.25, -0.2) is 9.48 Å². The smallest absolute Gasteiger partial charge is 0.357 e. The van der Waals surface area contributed by atoms with E-state index >= 15 is 0 Å². The van der Waals surface area contributed by atoms with Crippen LogP contribution in [0.3, 0.4) is 0 Å². The largest absolute Gasteiger partial charge is 0.496 e. The molecule has 4 aromatic rings. The topological polar surface area (TPSA) is 64.3 Å². The van der Waals surface area contributed by atoms with Gasteiger partial charge in [0.15, 0.2) is 5.69 Å². The zero-order valence-electron chi connectivity index (χ0n) is 16.8. The summed E-state index contributed by atoms with van der Waals surface area (Å²) >= 11 is 12.5. The maximum absolute atomic E-state index is 12.2. The van der Waals surface area contributed by atoms with E-state index in [1.54, 1.807) is 41.1 Å². The quantitative estimate of drug-likeness (QED) is 0.392. The number of aromatic carboxylic acids is 1. The predicted octanol–water partition coefficient (Wildman–Crippen LogP) is 5.84. The summed E-state index contributed by atoms with van der Waals surface area (Å²) in [6.45, 7) is 0. The fourth-order valence-electron chi connectivity index (χ4n) is 3.36. The average molecular weight is 446 g/mol. The molecule has 0 bridgehead atoms. The van der Waals surface area contributed by atoms with E-state index < -0.39 is 5.97 Å². The molecular formula is C23H16Cl2LiN2O3. The van der Waals surface area contributed by atoms with E-state index in [0.717, 1.165) is 0 Å². The van der Waals surface area contributed by atoms with Gasteiger partial charge in [-0.15, -0.1) is 0 Å². The van der Waals surface area contributed by atoms with Crippen molar-refractivity contribution in [3.8, 4) is 33.8 Å². The van der Waals surface area contributed by atoms with Crippen molar-refractivity contribution in [3.05, 3.63) is 88.5 Å². The first-order valence-electron chi connectivity index (χ1n) is 9.01. The third-order valence-corrected chi connectivity index (χ3v) is 5.09. The first-order chi connectivity index (χ1) is 14.5. The van der Waals surface area contributed by atoms with E-state index in [-0.39, 0.29) is 24.6 Å². The van der Waals surface area contributed by atoms with Gasteiger partial charge in [-0.1, -0.05) is 53.5 Å². The van der Waals surface area contributed by atoms with Crippen molar-refractivity contribution in [3.63, 3.8) is 0 Å².